The van der Waals surface area contributed by atoms with Crippen molar-refractivity contribution in [1.82, 2.24) is 44.4 Å². The predicted molar refractivity (Wildman–Crippen MR) is 222 cm³/mol. The van der Waals surface area contributed by atoms with E-state index in [9.17, 15) is 19.5 Å². The van der Waals surface area contributed by atoms with Crippen LogP contribution < -0.4 is 26.5 Å². The molecule has 16 nitrogen and oxygen atoms in total. The number of nitrogen functional groups attached to an aromatic ring is 1. The molecule has 304 valence electrons. The van der Waals surface area contributed by atoms with E-state index in [1.54, 1.807) is 23.7 Å². The molecule has 3 saturated heterocycles. The Morgan fingerprint density at radius 3 is 2.43 bits per heavy atom. The van der Waals surface area contributed by atoms with Gasteiger partial charge in [0.25, 0.3) is 0 Å². The number of phenols is 1. The molecule has 6 heterocycles. The maximum absolute atomic E-state index is 13.2. The Hall–Kier alpha value is -5.87. The molecule has 2 aromatic carbocycles. The second-order valence-corrected chi connectivity index (χ2v) is 16.1. The zero-order chi connectivity index (χ0) is 40.7. The number of carbonyl (C=O) groups excluding carboxylic acids is 2. The lowest BCUT2D eigenvalue weighted by molar-refractivity contribution is -0.135. The summed E-state index contributed by atoms with van der Waals surface area (Å²) in [5.74, 6) is 0.509. The van der Waals surface area contributed by atoms with Gasteiger partial charge in [0.2, 0.25) is 17.8 Å². The Labute approximate surface area is 337 Å². The number of aryl methyl sites for hydroxylation is 1. The van der Waals surface area contributed by atoms with Crippen molar-refractivity contribution in [3.8, 4) is 17.0 Å². The van der Waals surface area contributed by atoms with Crippen LogP contribution in [0, 0.1) is 0 Å². The van der Waals surface area contributed by atoms with Crippen molar-refractivity contribution in [3.63, 3.8) is 0 Å². The molecule has 16 heteroatoms. The SMILES string of the molecule is CCC1CN(c2cc(-c3ccccc3O)nnc2N)CC(C)N1c1ncc(CN2CCC(N(C)Cc3ccc4c(c3)n(C)c(=O)n4C3CCC(=O)NC3=O)CC2)cn1. The molecule has 3 unspecified atom stereocenters. The number of hydrogen-bond acceptors (Lipinski definition) is 13. The summed E-state index contributed by atoms with van der Waals surface area (Å²) in [5, 5.41) is 21.3. The first-order chi connectivity index (χ1) is 28.0. The number of likely N-dealkylation sites (tertiary alicyclic amines) is 1. The van der Waals surface area contributed by atoms with E-state index in [4.69, 9.17) is 15.7 Å². The van der Waals surface area contributed by atoms with Gasteiger partial charge in [-0.2, -0.15) is 0 Å². The van der Waals surface area contributed by atoms with Gasteiger partial charge < -0.3 is 20.6 Å². The fourth-order valence-corrected chi connectivity index (χ4v) is 9.03. The lowest BCUT2D eigenvalue weighted by Gasteiger charge is -2.46. The number of phenolic OH excluding ortho intramolecular Hbond substituents is 1. The summed E-state index contributed by atoms with van der Waals surface area (Å²) in [6, 6.07) is 15.0. The number of para-hydroxylation sites is 1. The van der Waals surface area contributed by atoms with Gasteiger partial charge in [0.05, 0.1) is 22.4 Å². The molecule has 58 heavy (non-hydrogen) atoms. The van der Waals surface area contributed by atoms with E-state index in [2.05, 4.69) is 56.0 Å². The molecule has 3 fully saturated rings. The Balaban J connectivity index is 0.860. The summed E-state index contributed by atoms with van der Waals surface area (Å²) in [5.41, 5.74) is 11.8. The monoisotopic (exact) mass is 788 g/mol. The summed E-state index contributed by atoms with van der Waals surface area (Å²) < 4.78 is 3.12. The van der Waals surface area contributed by atoms with Crippen LogP contribution in [0.3, 0.4) is 0 Å². The number of nitrogens with two attached hydrogens (primary N) is 1. The summed E-state index contributed by atoms with van der Waals surface area (Å²) >= 11 is 0. The van der Waals surface area contributed by atoms with E-state index in [1.807, 2.05) is 48.8 Å². The molecular weight excluding hydrogens is 737 g/mol. The second-order valence-electron chi connectivity index (χ2n) is 16.1. The summed E-state index contributed by atoms with van der Waals surface area (Å²) in [7, 11) is 3.89. The maximum Gasteiger partial charge on any atom is 0.329 e. The number of amides is 2. The fourth-order valence-electron chi connectivity index (χ4n) is 9.03. The molecule has 0 bridgehead atoms. The van der Waals surface area contributed by atoms with Gasteiger partial charge in [-0.25, -0.2) is 14.8 Å². The van der Waals surface area contributed by atoms with Gasteiger partial charge in [0, 0.05) is 81.3 Å². The molecule has 0 spiro atoms. The molecule has 8 rings (SSSR count). The van der Waals surface area contributed by atoms with E-state index in [1.165, 1.54) is 4.57 Å². The maximum atomic E-state index is 13.2. The molecule has 0 saturated carbocycles. The largest absolute Gasteiger partial charge is 0.507 e. The number of aromatic nitrogens is 6. The number of rotatable bonds is 10. The average Bonchev–Trinajstić information content (AvgIpc) is 3.46. The summed E-state index contributed by atoms with van der Waals surface area (Å²) in [4.78, 5) is 56.7. The van der Waals surface area contributed by atoms with Gasteiger partial charge in [-0.1, -0.05) is 25.1 Å². The predicted octanol–water partition coefficient (Wildman–Crippen LogP) is 3.44. The Morgan fingerprint density at radius 1 is 0.948 bits per heavy atom. The first-order valence-corrected chi connectivity index (χ1v) is 20.2. The van der Waals surface area contributed by atoms with Crippen LogP contribution >= 0.6 is 0 Å². The third kappa shape index (κ3) is 7.61. The van der Waals surface area contributed by atoms with Crippen molar-refractivity contribution in [2.45, 2.75) is 83.2 Å². The lowest BCUT2D eigenvalue weighted by atomic mass is 10.0. The van der Waals surface area contributed by atoms with E-state index in [0.717, 1.165) is 80.3 Å². The van der Waals surface area contributed by atoms with Crippen molar-refractivity contribution in [3.05, 3.63) is 82.5 Å². The van der Waals surface area contributed by atoms with Crippen LogP contribution in [0.5, 0.6) is 5.75 Å². The minimum absolute atomic E-state index is 0.106. The zero-order valence-electron chi connectivity index (χ0n) is 33.6. The molecule has 2 amide bonds. The number of nitrogens with zero attached hydrogens (tertiary/aromatic N) is 10. The number of anilines is 3. The molecule has 3 aromatic heterocycles. The van der Waals surface area contributed by atoms with Crippen molar-refractivity contribution in [2.24, 2.45) is 7.05 Å². The van der Waals surface area contributed by atoms with Gasteiger partial charge in [-0.15, -0.1) is 10.2 Å². The summed E-state index contributed by atoms with van der Waals surface area (Å²) in [6.45, 7) is 9.25. The average molecular weight is 789 g/mol. The van der Waals surface area contributed by atoms with Gasteiger partial charge in [0.15, 0.2) is 5.82 Å². The second kappa shape index (κ2) is 16.2. The van der Waals surface area contributed by atoms with Crippen LogP contribution in [0.2, 0.25) is 0 Å². The molecule has 4 N–H and O–H groups in total. The van der Waals surface area contributed by atoms with E-state index >= 15 is 0 Å². The van der Waals surface area contributed by atoms with Crippen LogP contribution in [0.4, 0.5) is 17.5 Å². The highest BCUT2D eigenvalue weighted by molar-refractivity contribution is 6.00. The molecule has 3 aliphatic heterocycles. The topological polar surface area (TPSA) is 184 Å². The number of piperidine rings is 2. The van der Waals surface area contributed by atoms with Crippen LogP contribution in [0.15, 0.2) is 65.7 Å². The van der Waals surface area contributed by atoms with Crippen LogP contribution in [-0.4, -0.2) is 107 Å². The summed E-state index contributed by atoms with van der Waals surface area (Å²) in [6.07, 6.45) is 7.43. The molecule has 5 aromatic rings. The molecule has 3 aliphatic rings. The normalized spacial score (nSPS) is 20.9. The Bertz CT molecular complexity index is 2370. The lowest BCUT2D eigenvalue weighted by Crippen LogP contribution is -2.58. The number of benzene rings is 2. The minimum Gasteiger partial charge on any atom is -0.507 e. The van der Waals surface area contributed by atoms with Gasteiger partial charge in [-0.3, -0.25) is 33.8 Å². The van der Waals surface area contributed by atoms with Crippen molar-refractivity contribution < 1.29 is 14.7 Å². The van der Waals surface area contributed by atoms with E-state index in [-0.39, 0.29) is 35.9 Å². The van der Waals surface area contributed by atoms with Crippen LogP contribution in [-0.2, 0) is 29.7 Å². The highest BCUT2D eigenvalue weighted by Gasteiger charge is 2.35. The Morgan fingerprint density at radius 2 is 1.71 bits per heavy atom. The minimum atomic E-state index is -0.693. The van der Waals surface area contributed by atoms with Gasteiger partial charge in [0.1, 0.15) is 11.8 Å². The number of hydrogen-bond donors (Lipinski definition) is 3. The third-order valence-electron chi connectivity index (χ3n) is 12.2. The third-order valence-corrected chi connectivity index (χ3v) is 12.2. The molecule has 0 aliphatic carbocycles. The van der Waals surface area contributed by atoms with Gasteiger partial charge in [-0.05, 0) is 88.6 Å². The number of carbonyl (C=O) groups is 2. The highest BCUT2D eigenvalue weighted by Crippen LogP contribution is 2.34. The van der Waals surface area contributed by atoms with Crippen molar-refractivity contribution in [1.29, 1.82) is 0 Å². The van der Waals surface area contributed by atoms with E-state index < -0.39 is 11.9 Å². The number of nitrogens with one attached hydrogen (secondary N) is 1. The molecule has 3 atom stereocenters. The van der Waals surface area contributed by atoms with Gasteiger partial charge >= 0.3 is 5.69 Å². The zero-order valence-corrected chi connectivity index (χ0v) is 33.6. The number of imide groups is 1. The van der Waals surface area contributed by atoms with Crippen molar-refractivity contribution >= 4 is 40.3 Å². The first-order valence-electron chi connectivity index (χ1n) is 20.2. The standard InChI is InChI=1S/C42H52N12O4/c1-5-29-25-52(36-19-32(47-48-39(36)43)31-8-6-7-9-37(31)55)22-26(2)53(29)41-44-20-28(21-45-41)24-51-16-14-30(15-17-51)49(3)23-27-10-11-33-35(18-27)50(4)42(58)54(33)34-12-13-38(56)46-40(34)57/h6-11,18-21,26,29-30,34,55H,5,12-17,22-25H2,1-4H3,(H2,43,48)(H,46,56,57). The smallest absolute Gasteiger partial charge is 0.329 e. The Kier molecular flexibility index (Phi) is 10.9. The highest BCUT2D eigenvalue weighted by atomic mass is 16.3. The van der Waals surface area contributed by atoms with Crippen molar-refractivity contribution in [2.75, 3.05) is 48.8 Å². The van der Waals surface area contributed by atoms with Crippen LogP contribution in [0.25, 0.3) is 22.3 Å². The quantitative estimate of drug-likeness (QED) is 0.175. The van der Waals surface area contributed by atoms with E-state index in [0.29, 0.717) is 41.6 Å². The number of piperazine rings is 1. The number of aromatic hydroxyl groups is 1. The first kappa shape index (κ1) is 39.0. The fraction of sp³-hybridized carbons (Fsp3) is 0.452. The number of imidazole rings is 1. The number of fused-ring (bicyclic) bond motifs is 1. The molecular formula is C42H52N12O4. The van der Waals surface area contributed by atoms with Crippen LogP contribution in [0.1, 0.15) is 63.1 Å². The molecule has 0 radical (unpaired) electrons.